The summed E-state index contributed by atoms with van der Waals surface area (Å²) in [4.78, 5) is 12.7. The number of rotatable bonds is 3. The maximum atomic E-state index is 12.7. The van der Waals surface area contributed by atoms with Gasteiger partial charge in [-0.15, -0.1) is 0 Å². The highest BCUT2D eigenvalue weighted by Crippen LogP contribution is 2.36. The van der Waals surface area contributed by atoms with Crippen molar-refractivity contribution in [1.82, 2.24) is 0 Å². The van der Waals surface area contributed by atoms with Gasteiger partial charge in [0.2, 0.25) is 0 Å². The Balaban J connectivity index is 2.46. The third-order valence-electron chi connectivity index (χ3n) is 4.01. The summed E-state index contributed by atoms with van der Waals surface area (Å²) >= 11 is 0. The first kappa shape index (κ1) is 14.5. The minimum absolute atomic E-state index is 0.109. The van der Waals surface area contributed by atoms with Crippen LogP contribution in [0.5, 0.6) is 0 Å². The Kier molecular flexibility index (Phi) is 4.08. The van der Waals surface area contributed by atoms with E-state index >= 15 is 0 Å². The molecule has 1 unspecified atom stereocenters. The number of carbonyl (C=O) groups is 1. The molecule has 104 valence electrons. The molecule has 2 aromatic carbocycles. The number of benzene rings is 2. The van der Waals surface area contributed by atoms with Crippen LogP contribution in [0.25, 0.3) is 0 Å². The van der Waals surface area contributed by atoms with Crippen LogP contribution in [0.3, 0.4) is 0 Å². The number of hydrogen-bond acceptors (Lipinski definition) is 1. The largest absolute Gasteiger partial charge is 0.289 e. The molecule has 0 aliphatic carbocycles. The molecular formula is C19H22O. The van der Waals surface area contributed by atoms with Gasteiger partial charge in [0, 0.05) is 11.1 Å². The first-order chi connectivity index (χ1) is 9.41. The molecule has 0 amide bonds. The number of ketones is 1. The number of carbonyl (C=O) groups excluding carboxylic acids is 1. The second-order valence-electron chi connectivity index (χ2n) is 6.37. The molecule has 0 N–H and O–H groups in total. The van der Waals surface area contributed by atoms with Crippen LogP contribution < -0.4 is 0 Å². The summed E-state index contributed by atoms with van der Waals surface area (Å²) in [7, 11) is 0. The first-order valence-electron chi connectivity index (χ1n) is 7.10. The zero-order chi connectivity index (χ0) is 14.8. The summed E-state index contributed by atoms with van der Waals surface area (Å²) in [6.07, 6.45) is 0. The topological polar surface area (TPSA) is 17.1 Å². The molecule has 1 heteroatoms. The highest BCUT2D eigenvalue weighted by Gasteiger charge is 2.25. The summed E-state index contributed by atoms with van der Waals surface area (Å²) < 4.78 is 0. The van der Waals surface area contributed by atoms with Crippen molar-refractivity contribution in [2.24, 2.45) is 5.41 Å². The lowest BCUT2D eigenvalue weighted by molar-refractivity contribution is 0.103. The van der Waals surface area contributed by atoms with Crippen LogP contribution >= 0.6 is 0 Å². The normalized spacial score (nSPS) is 13.0. The Hall–Kier alpha value is -1.89. The van der Waals surface area contributed by atoms with Gasteiger partial charge in [-0.2, -0.15) is 0 Å². The summed E-state index contributed by atoms with van der Waals surface area (Å²) in [5.74, 6) is 0.434. The quantitative estimate of drug-likeness (QED) is 0.709. The maximum Gasteiger partial charge on any atom is 0.193 e. The zero-order valence-electron chi connectivity index (χ0n) is 12.7. The van der Waals surface area contributed by atoms with Crippen molar-refractivity contribution in [3.8, 4) is 0 Å². The second kappa shape index (κ2) is 5.62. The lowest BCUT2D eigenvalue weighted by Crippen LogP contribution is -2.18. The van der Waals surface area contributed by atoms with E-state index in [1.54, 1.807) is 0 Å². The Morgan fingerprint density at radius 3 is 2.05 bits per heavy atom. The van der Waals surface area contributed by atoms with Gasteiger partial charge >= 0.3 is 0 Å². The fourth-order valence-electron chi connectivity index (χ4n) is 2.29. The fraction of sp³-hybridized carbons (Fsp3) is 0.316. The molecule has 0 aliphatic heterocycles. The molecule has 1 atom stereocenters. The molecular weight excluding hydrogens is 244 g/mol. The molecule has 0 fully saturated rings. The van der Waals surface area contributed by atoms with Gasteiger partial charge in [-0.25, -0.2) is 0 Å². The molecule has 2 rings (SSSR count). The molecule has 0 saturated carbocycles. The van der Waals surface area contributed by atoms with Gasteiger partial charge in [0.05, 0.1) is 0 Å². The van der Waals surface area contributed by atoms with Gasteiger partial charge in [0.25, 0.3) is 0 Å². The van der Waals surface area contributed by atoms with Crippen LogP contribution in [0.15, 0.2) is 54.6 Å². The fourth-order valence-corrected chi connectivity index (χ4v) is 2.29. The Bertz CT molecular complexity index is 591. The second-order valence-corrected chi connectivity index (χ2v) is 6.37. The Morgan fingerprint density at radius 2 is 1.45 bits per heavy atom. The van der Waals surface area contributed by atoms with Crippen LogP contribution in [0, 0.1) is 5.41 Å². The van der Waals surface area contributed by atoms with Crippen molar-refractivity contribution >= 4 is 5.78 Å². The van der Waals surface area contributed by atoms with E-state index in [-0.39, 0.29) is 11.2 Å². The third-order valence-corrected chi connectivity index (χ3v) is 4.01. The van der Waals surface area contributed by atoms with Crippen LogP contribution in [-0.2, 0) is 0 Å². The average Bonchev–Trinajstić information content (AvgIpc) is 2.45. The molecule has 1 nitrogen and oxygen atoms in total. The van der Waals surface area contributed by atoms with Crippen LogP contribution in [0.4, 0.5) is 0 Å². The molecule has 0 aliphatic rings. The van der Waals surface area contributed by atoms with E-state index in [1.807, 2.05) is 48.5 Å². The standard InChI is InChI=1S/C19H22O/c1-14(19(2,3)4)16-12-8-9-13-17(16)18(20)15-10-6-5-7-11-15/h5-14H,1-4H3. The predicted octanol–water partition coefficient (Wildman–Crippen LogP) is 5.07. The minimum Gasteiger partial charge on any atom is -0.289 e. The minimum atomic E-state index is 0.109. The van der Waals surface area contributed by atoms with Crippen LogP contribution in [0.2, 0.25) is 0 Å². The van der Waals surface area contributed by atoms with Crippen molar-refractivity contribution in [2.75, 3.05) is 0 Å². The monoisotopic (exact) mass is 266 g/mol. The number of hydrogen-bond donors (Lipinski definition) is 0. The molecule has 0 spiro atoms. The van der Waals surface area contributed by atoms with E-state index in [0.29, 0.717) is 5.92 Å². The van der Waals surface area contributed by atoms with Gasteiger partial charge < -0.3 is 0 Å². The van der Waals surface area contributed by atoms with E-state index in [1.165, 1.54) is 0 Å². The Morgan fingerprint density at radius 1 is 0.900 bits per heavy atom. The van der Waals surface area contributed by atoms with Gasteiger partial charge in [0.15, 0.2) is 5.78 Å². The van der Waals surface area contributed by atoms with E-state index in [9.17, 15) is 4.79 Å². The molecule has 20 heavy (non-hydrogen) atoms. The molecule has 2 aromatic rings. The van der Waals surface area contributed by atoms with Gasteiger partial charge in [-0.1, -0.05) is 82.3 Å². The summed E-state index contributed by atoms with van der Waals surface area (Å²) in [6, 6.07) is 17.5. The van der Waals surface area contributed by atoms with Crippen molar-refractivity contribution < 1.29 is 4.79 Å². The summed E-state index contributed by atoms with van der Waals surface area (Å²) in [5, 5.41) is 0. The van der Waals surface area contributed by atoms with Gasteiger partial charge in [-0.05, 0) is 16.9 Å². The first-order valence-corrected chi connectivity index (χ1v) is 7.10. The molecule has 0 bridgehead atoms. The third kappa shape index (κ3) is 2.98. The molecule has 0 saturated heterocycles. The van der Waals surface area contributed by atoms with E-state index < -0.39 is 0 Å². The van der Waals surface area contributed by atoms with Crippen molar-refractivity contribution in [2.45, 2.75) is 33.6 Å². The molecule has 0 radical (unpaired) electrons. The smallest absolute Gasteiger partial charge is 0.193 e. The predicted molar refractivity (Wildman–Crippen MR) is 84.2 cm³/mol. The Labute approximate surface area is 121 Å². The molecule has 0 heterocycles. The summed E-state index contributed by atoms with van der Waals surface area (Å²) in [6.45, 7) is 8.82. The summed E-state index contributed by atoms with van der Waals surface area (Å²) in [5.41, 5.74) is 2.84. The van der Waals surface area contributed by atoms with E-state index in [0.717, 1.165) is 16.7 Å². The van der Waals surface area contributed by atoms with Gasteiger partial charge in [-0.3, -0.25) is 4.79 Å². The average molecular weight is 266 g/mol. The van der Waals surface area contributed by atoms with E-state index in [2.05, 4.69) is 33.8 Å². The molecule has 0 aromatic heterocycles. The van der Waals surface area contributed by atoms with Crippen molar-refractivity contribution in [3.05, 3.63) is 71.3 Å². The zero-order valence-corrected chi connectivity index (χ0v) is 12.7. The van der Waals surface area contributed by atoms with Crippen LogP contribution in [0.1, 0.15) is 55.1 Å². The van der Waals surface area contributed by atoms with Crippen molar-refractivity contribution in [1.29, 1.82) is 0 Å². The van der Waals surface area contributed by atoms with E-state index in [4.69, 9.17) is 0 Å². The SMILES string of the molecule is CC(c1ccccc1C(=O)c1ccccc1)C(C)(C)C. The van der Waals surface area contributed by atoms with Gasteiger partial charge in [0.1, 0.15) is 0 Å². The highest BCUT2D eigenvalue weighted by molar-refractivity contribution is 6.10. The van der Waals surface area contributed by atoms with Crippen molar-refractivity contribution in [3.63, 3.8) is 0 Å². The van der Waals surface area contributed by atoms with Crippen LogP contribution in [-0.4, -0.2) is 5.78 Å². The lowest BCUT2D eigenvalue weighted by atomic mass is 9.75. The lowest BCUT2D eigenvalue weighted by Gasteiger charge is -2.29. The maximum absolute atomic E-state index is 12.7. The highest BCUT2D eigenvalue weighted by atomic mass is 16.1.